The number of likely N-dealkylation sites (tertiary alicyclic amines) is 1. The average molecular weight is 441 g/mol. The molecule has 0 spiro atoms. The van der Waals surface area contributed by atoms with Crippen molar-refractivity contribution in [1.29, 1.82) is 0 Å². The number of carbonyl (C=O) groups excluding carboxylic acids is 2. The molecule has 2 amide bonds. The molecule has 170 valence electrons. The third kappa shape index (κ3) is 4.19. The number of phenols is 1. The third-order valence-electron chi connectivity index (χ3n) is 6.96. The van der Waals surface area contributed by atoms with Crippen molar-refractivity contribution in [3.63, 3.8) is 0 Å². The lowest BCUT2D eigenvalue weighted by Gasteiger charge is -2.41. The van der Waals surface area contributed by atoms with Gasteiger partial charge in [0.25, 0.3) is 0 Å². The molecule has 2 saturated heterocycles. The normalized spacial score (nSPS) is 27.6. The molecule has 4 rings (SSSR count). The Bertz CT molecular complexity index is 961. The van der Waals surface area contributed by atoms with Crippen molar-refractivity contribution in [2.45, 2.75) is 51.6 Å². The van der Waals surface area contributed by atoms with Crippen LogP contribution in [-0.4, -0.2) is 51.6 Å². The summed E-state index contributed by atoms with van der Waals surface area (Å²) in [4.78, 5) is 38.4. The zero-order valence-corrected chi connectivity index (χ0v) is 18.1. The molecule has 3 aliphatic rings. The minimum Gasteiger partial charge on any atom is -0.508 e. The maximum Gasteiger partial charge on any atom is 0.487 e. The second kappa shape index (κ2) is 9.07. The number of unbranched alkanes of at least 4 members (excludes halogenated alkanes) is 2. The standard InChI is InChI=1S/C23H28BNO7/c1-13-10-17-20(23(30)25(22(17)29)9-4-2-3-8-19(27)28)16-12-18(32-24(31)21(13)16)14-6-5-7-15(26)11-14/h5-7,11,16-18,20,26,31H,2-4,8-10,12H2,1H3,(H,27,28)/t16-,17-,18-,20+/m0/s1. The van der Waals surface area contributed by atoms with E-state index in [0.717, 1.165) is 11.1 Å². The minimum atomic E-state index is -1.16. The van der Waals surface area contributed by atoms with Crippen molar-refractivity contribution in [3.8, 4) is 5.75 Å². The summed E-state index contributed by atoms with van der Waals surface area (Å²) in [7, 11) is -1.16. The number of benzene rings is 1. The number of amides is 2. The van der Waals surface area contributed by atoms with Gasteiger partial charge >= 0.3 is 13.1 Å². The number of rotatable bonds is 7. The lowest BCUT2D eigenvalue weighted by atomic mass is 9.55. The third-order valence-corrected chi connectivity index (χ3v) is 6.96. The van der Waals surface area contributed by atoms with E-state index in [2.05, 4.69) is 0 Å². The SMILES string of the molecule is CC1=C2B(O)O[C@H](c3cccc(O)c3)C[C@H]2[C@H]2C(=O)N(CCCCCC(=O)O)C(=O)[C@H]2C1. The van der Waals surface area contributed by atoms with Gasteiger partial charge in [0, 0.05) is 13.0 Å². The molecule has 3 N–H and O–H groups in total. The lowest BCUT2D eigenvalue weighted by Crippen LogP contribution is -2.44. The second-order valence-electron chi connectivity index (χ2n) is 9.02. The van der Waals surface area contributed by atoms with E-state index in [4.69, 9.17) is 9.76 Å². The Hall–Kier alpha value is -2.65. The van der Waals surface area contributed by atoms with Gasteiger partial charge in [0.2, 0.25) is 11.8 Å². The second-order valence-corrected chi connectivity index (χ2v) is 9.02. The molecule has 2 heterocycles. The lowest BCUT2D eigenvalue weighted by molar-refractivity contribution is -0.141. The molecule has 2 aliphatic heterocycles. The molecule has 4 atom stereocenters. The van der Waals surface area contributed by atoms with Crippen molar-refractivity contribution in [1.82, 2.24) is 4.90 Å². The van der Waals surface area contributed by atoms with Crippen molar-refractivity contribution in [2.24, 2.45) is 17.8 Å². The molecule has 0 saturated carbocycles. The van der Waals surface area contributed by atoms with Crippen LogP contribution in [0.2, 0.25) is 0 Å². The summed E-state index contributed by atoms with van der Waals surface area (Å²) >= 11 is 0. The van der Waals surface area contributed by atoms with Crippen LogP contribution < -0.4 is 0 Å². The highest BCUT2D eigenvalue weighted by molar-refractivity contribution is 6.53. The van der Waals surface area contributed by atoms with Crippen LogP contribution in [0, 0.1) is 17.8 Å². The van der Waals surface area contributed by atoms with Gasteiger partial charge in [0.1, 0.15) is 5.75 Å². The number of fused-ring (bicyclic) bond motifs is 3. The van der Waals surface area contributed by atoms with Crippen LogP contribution in [0.5, 0.6) is 5.75 Å². The summed E-state index contributed by atoms with van der Waals surface area (Å²) in [5.74, 6) is -2.41. The maximum atomic E-state index is 13.3. The van der Waals surface area contributed by atoms with E-state index in [1.807, 2.05) is 13.0 Å². The van der Waals surface area contributed by atoms with E-state index in [0.29, 0.717) is 44.1 Å². The van der Waals surface area contributed by atoms with Crippen LogP contribution in [-0.2, 0) is 19.0 Å². The first kappa shape index (κ1) is 22.5. The topological polar surface area (TPSA) is 124 Å². The molecule has 0 bridgehead atoms. The smallest absolute Gasteiger partial charge is 0.487 e. The van der Waals surface area contributed by atoms with Crippen LogP contribution in [0.1, 0.15) is 57.1 Å². The van der Waals surface area contributed by atoms with Crippen LogP contribution >= 0.6 is 0 Å². The van der Waals surface area contributed by atoms with Gasteiger partial charge in [-0.1, -0.05) is 24.1 Å². The maximum absolute atomic E-state index is 13.3. The van der Waals surface area contributed by atoms with Gasteiger partial charge in [-0.05, 0) is 61.7 Å². The van der Waals surface area contributed by atoms with Gasteiger partial charge < -0.3 is 19.9 Å². The summed E-state index contributed by atoms with van der Waals surface area (Å²) in [6.45, 7) is 2.17. The molecule has 1 aromatic rings. The number of phenolic OH excluding ortho intramolecular Hbond substituents is 1. The Morgan fingerprint density at radius 2 is 1.97 bits per heavy atom. The summed E-state index contributed by atoms with van der Waals surface area (Å²) in [5, 5.41) is 29.3. The highest BCUT2D eigenvalue weighted by Gasteiger charge is 2.57. The number of hydrogen-bond acceptors (Lipinski definition) is 6. The van der Waals surface area contributed by atoms with Gasteiger partial charge in [-0.3, -0.25) is 19.3 Å². The number of carbonyl (C=O) groups is 3. The van der Waals surface area contributed by atoms with E-state index in [1.54, 1.807) is 18.2 Å². The van der Waals surface area contributed by atoms with Crippen LogP contribution in [0.3, 0.4) is 0 Å². The van der Waals surface area contributed by atoms with Gasteiger partial charge in [-0.15, -0.1) is 0 Å². The highest BCUT2D eigenvalue weighted by Crippen LogP contribution is 2.51. The van der Waals surface area contributed by atoms with E-state index in [9.17, 15) is 24.5 Å². The molecule has 1 aliphatic carbocycles. The average Bonchev–Trinajstić information content (AvgIpc) is 2.97. The number of allylic oxidation sites excluding steroid dienone is 2. The van der Waals surface area contributed by atoms with Crippen molar-refractivity contribution in [3.05, 3.63) is 40.9 Å². The first-order chi connectivity index (χ1) is 15.3. The minimum absolute atomic E-state index is 0.0794. The van der Waals surface area contributed by atoms with Crippen molar-refractivity contribution in [2.75, 3.05) is 6.54 Å². The molecule has 1 aromatic carbocycles. The first-order valence-electron chi connectivity index (χ1n) is 11.2. The van der Waals surface area contributed by atoms with E-state index < -0.39 is 31.0 Å². The number of carboxylic acid groups (broad SMARTS) is 1. The number of nitrogens with zero attached hydrogens (tertiary/aromatic N) is 1. The summed E-state index contributed by atoms with van der Waals surface area (Å²) in [6, 6.07) is 6.66. The summed E-state index contributed by atoms with van der Waals surface area (Å²) in [5.41, 5.74) is 2.31. The van der Waals surface area contributed by atoms with Gasteiger partial charge in [-0.2, -0.15) is 0 Å². The molecule has 9 heteroatoms. The molecule has 0 aromatic heterocycles. The summed E-state index contributed by atoms with van der Waals surface area (Å²) in [6.07, 6.45) is 2.18. The number of carboxylic acids is 1. The molecule has 0 radical (unpaired) electrons. The monoisotopic (exact) mass is 441 g/mol. The number of aromatic hydroxyl groups is 1. The molecular weight excluding hydrogens is 413 g/mol. The van der Waals surface area contributed by atoms with E-state index in [-0.39, 0.29) is 29.9 Å². The Balaban J connectivity index is 1.52. The van der Waals surface area contributed by atoms with E-state index >= 15 is 0 Å². The first-order valence-corrected chi connectivity index (χ1v) is 11.2. The number of aliphatic carboxylic acids is 1. The molecule has 2 fully saturated rings. The quantitative estimate of drug-likeness (QED) is 0.337. The predicted molar refractivity (Wildman–Crippen MR) is 115 cm³/mol. The predicted octanol–water partition coefficient (Wildman–Crippen LogP) is 2.46. The van der Waals surface area contributed by atoms with Crippen molar-refractivity contribution < 1.29 is 34.3 Å². The van der Waals surface area contributed by atoms with E-state index in [1.165, 1.54) is 4.90 Å². The Labute approximate surface area is 187 Å². The van der Waals surface area contributed by atoms with Crippen LogP contribution in [0.4, 0.5) is 0 Å². The molecule has 0 unspecified atom stereocenters. The van der Waals surface area contributed by atoms with Crippen molar-refractivity contribution >= 4 is 24.9 Å². The van der Waals surface area contributed by atoms with Crippen LogP contribution in [0.15, 0.2) is 35.3 Å². The fraction of sp³-hybridized carbons (Fsp3) is 0.522. The fourth-order valence-electron chi connectivity index (χ4n) is 5.50. The molecular formula is C23H28BNO7. The van der Waals surface area contributed by atoms with Crippen LogP contribution in [0.25, 0.3) is 0 Å². The zero-order valence-electron chi connectivity index (χ0n) is 18.1. The van der Waals surface area contributed by atoms with Gasteiger partial charge in [0.05, 0.1) is 17.9 Å². The number of imide groups is 1. The summed E-state index contributed by atoms with van der Waals surface area (Å²) < 4.78 is 5.84. The zero-order chi connectivity index (χ0) is 23.0. The molecule has 8 nitrogen and oxygen atoms in total. The number of hydrogen-bond donors (Lipinski definition) is 3. The van der Waals surface area contributed by atoms with Gasteiger partial charge in [-0.25, -0.2) is 0 Å². The Morgan fingerprint density at radius 3 is 2.69 bits per heavy atom. The molecule has 32 heavy (non-hydrogen) atoms. The Morgan fingerprint density at radius 1 is 1.19 bits per heavy atom. The fourth-order valence-corrected chi connectivity index (χ4v) is 5.50. The largest absolute Gasteiger partial charge is 0.508 e. The van der Waals surface area contributed by atoms with Gasteiger partial charge in [0.15, 0.2) is 0 Å². The highest BCUT2D eigenvalue weighted by atomic mass is 16.5. The Kier molecular flexibility index (Phi) is 6.39.